The summed E-state index contributed by atoms with van der Waals surface area (Å²) in [5.41, 5.74) is 5.31. The molecule has 1 aromatic carbocycles. The van der Waals surface area contributed by atoms with E-state index < -0.39 is 0 Å². The monoisotopic (exact) mass is 315 g/mol. The fourth-order valence-electron chi connectivity index (χ4n) is 3.16. The van der Waals surface area contributed by atoms with Crippen LogP contribution in [-0.4, -0.2) is 28.3 Å². The third-order valence-corrected chi connectivity index (χ3v) is 4.97. The molecular weight excluding hydrogens is 290 g/mol. The molecule has 118 valence electrons. The highest BCUT2D eigenvalue weighted by atomic mass is 32.2. The number of thioether (sulfide) groups is 1. The highest BCUT2D eigenvalue weighted by Crippen LogP contribution is 2.30. The first-order chi connectivity index (χ1) is 10.8. The van der Waals surface area contributed by atoms with Crippen LogP contribution in [-0.2, 0) is 19.3 Å². The number of benzene rings is 1. The zero-order valence-corrected chi connectivity index (χ0v) is 14.4. The molecule has 1 aromatic heterocycles. The molecule has 0 bridgehead atoms. The van der Waals surface area contributed by atoms with Crippen LogP contribution in [0.4, 0.5) is 5.82 Å². The lowest BCUT2D eigenvalue weighted by Gasteiger charge is -2.12. The zero-order valence-electron chi connectivity index (χ0n) is 13.6. The number of hydrogen-bond acceptors (Lipinski definition) is 3. The molecule has 0 radical (unpaired) electrons. The van der Waals surface area contributed by atoms with E-state index in [9.17, 15) is 0 Å². The van der Waals surface area contributed by atoms with Crippen LogP contribution >= 0.6 is 11.8 Å². The molecule has 0 fully saturated rings. The topological polar surface area (TPSA) is 29.9 Å². The van der Waals surface area contributed by atoms with Crippen molar-refractivity contribution < 1.29 is 0 Å². The summed E-state index contributed by atoms with van der Waals surface area (Å²) in [5, 5.41) is 8.62. The van der Waals surface area contributed by atoms with Gasteiger partial charge in [-0.15, -0.1) is 0 Å². The molecular formula is C18H25N3S. The number of nitrogens with zero attached hydrogens (tertiary/aromatic N) is 2. The average molecular weight is 315 g/mol. The van der Waals surface area contributed by atoms with Crippen molar-refractivity contribution in [3.8, 4) is 5.69 Å². The van der Waals surface area contributed by atoms with Crippen LogP contribution in [0.1, 0.15) is 36.6 Å². The van der Waals surface area contributed by atoms with Crippen molar-refractivity contribution in [2.75, 3.05) is 23.9 Å². The summed E-state index contributed by atoms with van der Waals surface area (Å²) in [7, 11) is 0. The van der Waals surface area contributed by atoms with Gasteiger partial charge in [0.15, 0.2) is 0 Å². The number of hydrogen-bond donors (Lipinski definition) is 1. The first kappa shape index (κ1) is 15.5. The maximum Gasteiger partial charge on any atom is 0.133 e. The molecule has 0 spiro atoms. The summed E-state index contributed by atoms with van der Waals surface area (Å²) in [5.74, 6) is 2.37. The fourth-order valence-corrected chi connectivity index (χ4v) is 3.56. The molecule has 3 nitrogen and oxygen atoms in total. The van der Waals surface area contributed by atoms with Crippen molar-refractivity contribution in [2.45, 2.75) is 39.0 Å². The summed E-state index contributed by atoms with van der Waals surface area (Å²) >= 11 is 1.90. The van der Waals surface area contributed by atoms with Crippen LogP contribution in [0.2, 0.25) is 0 Å². The van der Waals surface area contributed by atoms with Crippen LogP contribution in [0.25, 0.3) is 5.69 Å². The Morgan fingerprint density at radius 1 is 1.27 bits per heavy atom. The molecule has 1 N–H and O–H groups in total. The van der Waals surface area contributed by atoms with E-state index in [1.54, 1.807) is 0 Å². The highest BCUT2D eigenvalue weighted by Gasteiger charge is 2.21. The van der Waals surface area contributed by atoms with E-state index in [0.717, 1.165) is 31.6 Å². The Morgan fingerprint density at radius 3 is 2.95 bits per heavy atom. The van der Waals surface area contributed by atoms with Crippen molar-refractivity contribution in [3.05, 3.63) is 41.1 Å². The predicted octanol–water partition coefficient (Wildman–Crippen LogP) is 4.09. The van der Waals surface area contributed by atoms with Gasteiger partial charge in [0.05, 0.1) is 11.4 Å². The Hall–Kier alpha value is -1.42. The Labute approximate surface area is 137 Å². The summed E-state index contributed by atoms with van der Waals surface area (Å²) < 4.78 is 2.16. The van der Waals surface area contributed by atoms with Gasteiger partial charge >= 0.3 is 0 Å². The largest absolute Gasteiger partial charge is 0.370 e. The van der Waals surface area contributed by atoms with Crippen LogP contribution in [0, 0.1) is 0 Å². The van der Waals surface area contributed by atoms with Gasteiger partial charge in [0.25, 0.3) is 0 Å². The van der Waals surface area contributed by atoms with Crippen LogP contribution in [0.5, 0.6) is 0 Å². The first-order valence-electron chi connectivity index (χ1n) is 8.27. The minimum Gasteiger partial charge on any atom is -0.370 e. The van der Waals surface area contributed by atoms with E-state index in [1.807, 2.05) is 11.8 Å². The molecule has 4 heteroatoms. The normalized spacial score (nSPS) is 14.3. The quantitative estimate of drug-likeness (QED) is 0.901. The van der Waals surface area contributed by atoms with Gasteiger partial charge in [0, 0.05) is 18.5 Å². The number of aryl methyl sites for hydroxylation is 2. The van der Waals surface area contributed by atoms with Gasteiger partial charge in [-0.25, -0.2) is 4.68 Å². The summed E-state index contributed by atoms with van der Waals surface area (Å²) in [6, 6.07) is 8.63. The minimum atomic E-state index is 1.03. The second-order valence-corrected chi connectivity index (χ2v) is 6.78. The van der Waals surface area contributed by atoms with E-state index in [-0.39, 0.29) is 0 Å². The predicted molar refractivity (Wildman–Crippen MR) is 96.5 cm³/mol. The Morgan fingerprint density at radius 2 is 2.14 bits per heavy atom. The second-order valence-electron chi connectivity index (χ2n) is 5.79. The lowest BCUT2D eigenvalue weighted by atomic mass is 10.1. The molecule has 3 rings (SSSR count). The second kappa shape index (κ2) is 7.23. The van der Waals surface area contributed by atoms with Gasteiger partial charge < -0.3 is 5.32 Å². The number of rotatable bonds is 5. The van der Waals surface area contributed by atoms with Gasteiger partial charge in [-0.05, 0) is 49.3 Å². The Bertz CT molecular complexity index is 633. The third-order valence-electron chi connectivity index (χ3n) is 4.36. The SMILES string of the molecule is CCc1ccccc1-n1nc(CCSC)c2c1NCCCC2. The zero-order chi connectivity index (χ0) is 15.4. The molecule has 22 heavy (non-hydrogen) atoms. The van der Waals surface area contributed by atoms with E-state index in [2.05, 4.69) is 47.4 Å². The van der Waals surface area contributed by atoms with Crippen LogP contribution in [0.3, 0.4) is 0 Å². The average Bonchev–Trinajstić information content (AvgIpc) is 2.73. The summed E-state index contributed by atoms with van der Waals surface area (Å²) in [6.45, 7) is 3.26. The maximum atomic E-state index is 4.99. The van der Waals surface area contributed by atoms with E-state index >= 15 is 0 Å². The van der Waals surface area contributed by atoms with Gasteiger partial charge in [0.2, 0.25) is 0 Å². The molecule has 2 aromatic rings. The summed E-state index contributed by atoms with van der Waals surface area (Å²) in [4.78, 5) is 0. The Kier molecular flexibility index (Phi) is 5.08. The van der Waals surface area contributed by atoms with Gasteiger partial charge in [-0.3, -0.25) is 0 Å². The molecule has 0 saturated carbocycles. The molecule has 0 atom stereocenters. The highest BCUT2D eigenvalue weighted by molar-refractivity contribution is 7.98. The molecule has 1 aliphatic heterocycles. The molecule has 1 aliphatic rings. The molecule has 0 unspecified atom stereocenters. The van der Waals surface area contributed by atoms with E-state index in [0.29, 0.717) is 0 Å². The Balaban J connectivity index is 2.08. The van der Waals surface area contributed by atoms with Gasteiger partial charge in [0.1, 0.15) is 5.82 Å². The summed E-state index contributed by atoms with van der Waals surface area (Å²) in [6.07, 6.45) is 7.91. The number of para-hydroxylation sites is 1. The fraction of sp³-hybridized carbons (Fsp3) is 0.500. The smallest absolute Gasteiger partial charge is 0.133 e. The van der Waals surface area contributed by atoms with E-state index in [4.69, 9.17) is 5.10 Å². The van der Waals surface area contributed by atoms with Crippen LogP contribution < -0.4 is 5.32 Å². The lowest BCUT2D eigenvalue weighted by Crippen LogP contribution is -2.08. The van der Waals surface area contributed by atoms with Crippen molar-refractivity contribution in [1.82, 2.24) is 9.78 Å². The van der Waals surface area contributed by atoms with Gasteiger partial charge in [-0.2, -0.15) is 16.9 Å². The lowest BCUT2D eigenvalue weighted by molar-refractivity contribution is 0.764. The minimum absolute atomic E-state index is 1.03. The van der Waals surface area contributed by atoms with Crippen LogP contribution in [0.15, 0.2) is 24.3 Å². The first-order valence-corrected chi connectivity index (χ1v) is 9.66. The molecule has 2 heterocycles. The number of fused-ring (bicyclic) bond motifs is 1. The number of aromatic nitrogens is 2. The van der Waals surface area contributed by atoms with Crippen molar-refractivity contribution in [2.24, 2.45) is 0 Å². The molecule has 0 aliphatic carbocycles. The molecule has 0 amide bonds. The number of nitrogens with one attached hydrogen (secondary N) is 1. The molecule has 0 saturated heterocycles. The van der Waals surface area contributed by atoms with E-state index in [1.165, 1.54) is 41.2 Å². The van der Waals surface area contributed by atoms with Gasteiger partial charge in [-0.1, -0.05) is 25.1 Å². The van der Waals surface area contributed by atoms with Crippen molar-refractivity contribution >= 4 is 17.6 Å². The maximum absolute atomic E-state index is 4.99. The number of anilines is 1. The van der Waals surface area contributed by atoms with Crippen molar-refractivity contribution in [1.29, 1.82) is 0 Å². The third kappa shape index (κ3) is 3.02. The van der Waals surface area contributed by atoms with Crippen molar-refractivity contribution in [3.63, 3.8) is 0 Å². The standard InChI is InChI=1S/C18H25N3S/c1-3-14-8-4-5-10-17(14)21-18-15(9-6-7-12-19-18)16(20-21)11-13-22-2/h4-5,8,10,19H,3,6-7,9,11-13H2,1-2H3.